The van der Waals surface area contributed by atoms with E-state index in [9.17, 15) is 9.90 Å². The first kappa shape index (κ1) is 16.9. The van der Waals surface area contributed by atoms with Crippen LogP contribution in [0.25, 0.3) is 0 Å². The van der Waals surface area contributed by atoms with Crippen LogP contribution in [0.2, 0.25) is 0 Å². The standard InChI is InChI=1S/C18H23N3O2S/c1-4-8-21-15-6-5-13(10-14(15)17(19-21)18(22)23)20(3)11-16-12(2)7-9-24-16/h4,7,9,13H,1,5-6,8,10-11H2,2-3H3,(H,22,23)/t13-/m1/s1. The van der Waals surface area contributed by atoms with Crippen LogP contribution in [0.4, 0.5) is 0 Å². The van der Waals surface area contributed by atoms with E-state index in [1.165, 1.54) is 10.4 Å². The Balaban J connectivity index is 1.81. The number of likely N-dealkylation sites (N-methyl/N-ethyl adjacent to an activating group) is 1. The van der Waals surface area contributed by atoms with Crippen LogP contribution >= 0.6 is 11.3 Å². The molecular formula is C18H23N3O2S. The molecule has 3 rings (SSSR count). The first-order chi connectivity index (χ1) is 11.5. The second-order valence-electron chi connectivity index (χ2n) is 6.39. The Hall–Kier alpha value is -1.92. The number of carboxylic acids is 1. The Labute approximate surface area is 146 Å². The van der Waals surface area contributed by atoms with Crippen LogP contribution in [-0.2, 0) is 25.9 Å². The fourth-order valence-corrected chi connectivity index (χ4v) is 4.38. The number of aromatic nitrogens is 2. The summed E-state index contributed by atoms with van der Waals surface area (Å²) < 4.78 is 1.80. The lowest BCUT2D eigenvalue weighted by Gasteiger charge is -2.31. The van der Waals surface area contributed by atoms with E-state index in [0.717, 1.165) is 37.1 Å². The monoisotopic (exact) mass is 345 g/mol. The normalized spacial score (nSPS) is 17.0. The first-order valence-electron chi connectivity index (χ1n) is 8.17. The molecule has 5 nitrogen and oxygen atoms in total. The summed E-state index contributed by atoms with van der Waals surface area (Å²) in [6.07, 6.45) is 4.39. The summed E-state index contributed by atoms with van der Waals surface area (Å²) in [7, 11) is 2.13. The van der Waals surface area contributed by atoms with Gasteiger partial charge in [-0.2, -0.15) is 5.10 Å². The van der Waals surface area contributed by atoms with Crippen LogP contribution < -0.4 is 0 Å². The van der Waals surface area contributed by atoms with Gasteiger partial charge in [-0.15, -0.1) is 17.9 Å². The number of hydrogen-bond donors (Lipinski definition) is 1. The highest BCUT2D eigenvalue weighted by atomic mass is 32.1. The van der Waals surface area contributed by atoms with Gasteiger partial charge >= 0.3 is 5.97 Å². The van der Waals surface area contributed by atoms with E-state index in [-0.39, 0.29) is 5.69 Å². The predicted octanol–water partition coefficient (Wildman–Crippen LogP) is 3.13. The summed E-state index contributed by atoms with van der Waals surface area (Å²) in [6, 6.07) is 2.49. The van der Waals surface area contributed by atoms with Crippen molar-refractivity contribution in [1.29, 1.82) is 0 Å². The van der Waals surface area contributed by atoms with Crippen LogP contribution in [0.15, 0.2) is 24.1 Å². The zero-order valence-corrected chi connectivity index (χ0v) is 15.0. The maximum atomic E-state index is 11.6. The second-order valence-corrected chi connectivity index (χ2v) is 7.39. The third kappa shape index (κ3) is 3.16. The van der Waals surface area contributed by atoms with E-state index in [0.29, 0.717) is 12.6 Å². The van der Waals surface area contributed by atoms with Crippen LogP contribution in [0.1, 0.15) is 38.6 Å². The largest absolute Gasteiger partial charge is 0.476 e. The number of aromatic carboxylic acids is 1. The Morgan fingerprint density at radius 2 is 2.42 bits per heavy atom. The van der Waals surface area contributed by atoms with Crippen LogP contribution in [0, 0.1) is 6.92 Å². The SMILES string of the molecule is C=CCn1nc(C(=O)O)c2c1CC[C@@H](N(C)Cc1sccc1C)C2. The molecule has 0 spiro atoms. The van der Waals surface area contributed by atoms with Crippen molar-refractivity contribution in [3.05, 3.63) is 51.5 Å². The number of aryl methyl sites for hydroxylation is 1. The highest BCUT2D eigenvalue weighted by Gasteiger charge is 2.30. The van der Waals surface area contributed by atoms with Crippen molar-refractivity contribution in [3.8, 4) is 0 Å². The number of allylic oxidation sites excluding steroid dienone is 1. The zero-order chi connectivity index (χ0) is 17.3. The quantitative estimate of drug-likeness (QED) is 0.817. The molecule has 0 unspecified atom stereocenters. The van der Waals surface area contributed by atoms with Crippen molar-refractivity contribution >= 4 is 17.3 Å². The molecule has 1 atom stereocenters. The Morgan fingerprint density at radius 1 is 1.62 bits per heavy atom. The maximum absolute atomic E-state index is 11.6. The molecular weight excluding hydrogens is 322 g/mol. The summed E-state index contributed by atoms with van der Waals surface area (Å²) in [4.78, 5) is 15.3. The predicted molar refractivity (Wildman–Crippen MR) is 95.7 cm³/mol. The lowest BCUT2D eigenvalue weighted by atomic mass is 9.90. The van der Waals surface area contributed by atoms with Gasteiger partial charge in [0.15, 0.2) is 5.69 Å². The minimum absolute atomic E-state index is 0.206. The minimum atomic E-state index is -0.938. The highest BCUT2D eigenvalue weighted by Crippen LogP contribution is 2.29. The average molecular weight is 345 g/mol. The molecule has 2 aromatic heterocycles. The van der Waals surface area contributed by atoms with E-state index in [1.807, 2.05) is 0 Å². The van der Waals surface area contributed by atoms with Crippen molar-refractivity contribution in [2.75, 3.05) is 7.05 Å². The molecule has 0 bridgehead atoms. The lowest BCUT2D eigenvalue weighted by Crippen LogP contribution is -2.36. The second kappa shape index (κ2) is 6.91. The lowest BCUT2D eigenvalue weighted by molar-refractivity contribution is 0.0687. The summed E-state index contributed by atoms with van der Waals surface area (Å²) in [5.41, 5.74) is 3.49. The fraction of sp³-hybridized carbons (Fsp3) is 0.444. The van der Waals surface area contributed by atoms with E-state index >= 15 is 0 Å². The smallest absolute Gasteiger partial charge is 0.356 e. The van der Waals surface area contributed by atoms with Crippen molar-refractivity contribution < 1.29 is 9.90 Å². The van der Waals surface area contributed by atoms with Crippen molar-refractivity contribution in [1.82, 2.24) is 14.7 Å². The number of fused-ring (bicyclic) bond motifs is 1. The van der Waals surface area contributed by atoms with Crippen molar-refractivity contribution in [3.63, 3.8) is 0 Å². The summed E-state index contributed by atoms with van der Waals surface area (Å²) in [5, 5.41) is 15.9. The Bertz CT molecular complexity index is 762. The number of hydrogen-bond acceptors (Lipinski definition) is 4. The molecule has 1 aliphatic carbocycles. The topological polar surface area (TPSA) is 58.4 Å². The van der Waals surface area contributed by atoms with E-state index in [4.69, 9.17) is 0 Å². The van der Waals surface area contributed by atoms with Gasteiger partial charge in [0.2, 0.25) is 0 Å². The number of carbonyl (C=O) groups is 1. The van der Waals surface area contributed by atoms with Crippen LogP contribution in [0.5, 0.6) is 0 Å². The average Bonchev–Trinajstić information content (AvgIpc) is 3.12. The molecule has 2 heterocycles. The van der Waals surface area contributed by atoms with Crippen molar-refractivity contribution in [2.45, 2.75) is 45.3 Å². The molecule has 2 aromatic rings. The van der Waals surface area contributed by atoms with E-state index in [2.05, 4.69) is 42.0 Å². The third-order valence-electron chi connectivity index (χ3n) is 4.81. The summed E-state index contributed by atoms with van der Waals surface area (Å²) in [6.45, 7) is 7.35. The molecule has 0 saturated heterocycles. The van der Waals surface area contributed by atoms with Gasteiger partial charge in [-0.3, -0.25) is 9.58 Å². The maximum Gasteiger partial charge on any atom is 0.356 e. The minimum Gasteiger partial charge on any atom is -0.476 e. The Kier molecular flexibility index (Phi) is 4.87. The molecule has 0 saturated carbocycles. The van der Waals surface area contributed by atoms with Gasteiger partial charge in [0, 0.05) is 28.7 Å². The highest BCUT2D eigenvalue weighted by molar-refractivity contribution is 7.10. The van der Waals surface area contributed by atoms with Gasteiger partial charge < -0.3 is 5.11 Å². The number of carboxylic acid groups (broad SMARTS) is 1. The van der Waals surface area contributed by atoms with Gasteiger partial charge in [-0.05, 0) is 50.2 Å². The van der Waals surface area contributed by atoms with Crippen molar-refractivity contribution in [2.24, 2.45) is 0 Å². The van der Waals surface area contributed by atoms with E-state index in [1.54, 1.807) is 22.1 Å². The fourth-order valence-electron chi connectivity index (χ4n) is 3.41. The molecule has 128 valence electrons. The zero-order valence-electron chi connectivity index (χ0n) is 14.2. The summed E-state index contributed by atoms with van der Waals surface area (Å²) >= 11 is 1.78. The molecule has 0 aromatic carbocycles. The van der Waals surface area contributed by atoms with Gasteiger partial charge in [0.05, 0.1) is 6.54 Å². The molecule has 1 N–H and O–H groups in total. The number of nitrogens with zero attached hydrogens (tertiary/aromatic N) is 3. The van der Waals surface area contributed by atoms with Gasteiger partial charge in [-0.25, -0.2) is 4.79 Å². The van der Waals surface area contributed by atoms with Gasteiger partial charge in [0.1, 0.15) is 0 Å². The molecule has 0 aliphatic heterocycles. The molecule has 24 heavy (non-hydrogen) atoms. The molecule has 1 aliphatic rings. The van der Waals surface area contributed by atoms with Gasteiger partial charge in [0.25, 0.3) is 0 Å². The number of thiophene rings is 1. The number of rotatable bonds is 6. The molecule has 6 heteroatoms. The van der Waals surface area contributed by atoms with Crippen LogP contribution in [-0.4, -0.2) is 38.8 Å². The summed E-state index contributed by atoms with van der Waals surface area (Å²) in [5.74, 6) is -0.938. The molecule has 0 amide bonds. The van der Waals surface area contributed by atoms with Gasteiger partial charge in [-0.1, -0.05) is 6.08 Å². The van der Waals surface area contributed by atoms with Crippen LogP contribution in [0.3, 0.4) is 0 Å². The first-order valence-corrected chi connectivity index (χ1v) is 9.05. The van der Waals surface area contributed by atoms with E-state index < -0.39 is 5.97 Å². The molecule has 0 fully saturated rings. The molecule has 0 radical (unpaired) electrons. The Morgan fingerprint density at radius 3 is 3.04 bits per heavy atom. The third-order valence-corrected chi connectivity index (χ3v) is 5.82.